The molecule has 0 aliphatic carbocycles. The topological polar surface area (TPSA) is 64.4 Å². The summed E-state index contributed by atoms with van der Waals surface area (Å²) in [7, 11) is 1.58. The van der Waals surface area contributed by atoms with E-state index in [1.807, 2.05) is 39.0 Å². The number of hydrogen-bond acceptors (Lipinski definition) is 3. The van der Waals surface area contributed by atoms with Gasteiger partial charge in [-0.2, -0.15) is 0 Å². The summed E-state index contributed by atoms with van der Waals surface area (Å²) in [6.07, 6.45) is 0.875. The van der Waals surface area contributed by atoms with Gasteiger partial charge in [0.2, 0.25) is 5.91 Å². The second-order valence-corrected chi connectivity index (χ2v) is 4.60. The van der Waals surface area contributed by atoms with Gasteiger partial charge in [0.15, 0.2) is 0 Å². The number of aryl methyl sites for hydroxylation is 1. The van der Waals surface area contributed by atoms with Crippen LogP contribution in [0.3, 0.4) is 0 Å². The van der Waals surface area contributed by atoms with Gasteiger partial charge in [0.25, 0.3) is 0 Å². The van der Waals surface area contributed by atoms with Crippen molar-refractivity contribution in [1.82, 2.24) is 0 Å². The summed E-state index contributed by atoms with van der Waals surface area (Å²) in [6.45, 7) is 5.95. The molecule has 4 nitrogen and oxygen atoms in total. The molecule has 0 spiro atoms. The molecule has 1 unspecified atom stereocenters. The van der Waals surface area contributed by atoms with Crippen molar-refractivity contribution in [3.05, 3.63) is 23.8 Å². The van der Waals surface area contributed by atoms with Crippen LogP contribution in [-0.4, -0.2) is 19.1 Å². The molecule has 1 aromatic rings. The van der Waals surface area contributed by atoms with Crippen LogP contribution in [0.5, 0.6) is 5.75 Å². The number of hydrogen-bond donors (Lipinski definition) is 2. The molecular weight excluding hydrogens is 228 g/mol. The fourth-order valence-electron chi connectivity index (χ4n) is 1.65. The summed E-state index contributed by atoms with van der Waals surface area (Å²) < 4.78 is 5.21. The number of rotatable bonds is 5. The Morgan fingerprint density at radius 3 is 2.72 bits per heavy atom. The maximum atomic E-state index is 12.0. The minimum atomic E-state index is -0.500. The van der Waals surface area contributed by atoms with E-state index in [4.69, 9.17) is 10.5 Å². The Labute approximate surface area is 109 Å². The number of benzene rings is 1. The average molecular weight is 250 g/mol. The number of nitrogens with two attached hydrogens (primary N) is 1. The molecule has 2 atom stereocenters. The van der Waals surface area contributed by atoms with Crippen LogP contribution in [0.15, 0.2) is 18.2 Å². The molecule has 3 N–H and O–H groups in total. The Balaban J connectivity index is 2.84. The van der Waals surface area contributed by atoms with Crippen molar-refractivity contribution in [2.24, 2.45) is 11.7 Å². The van der Waals surface area contributed by atoms with E-state index in [0.29, 0.717) is 11.4 Å². The number of amides is 1. The molecule has 0 aromatic heterocycles. The van der Waals surface area contributed by atoms with Crippen LogP contribution >= 0.6 is 0 Å². The first-order chi connectivity index (χ1) is 8.49. The molecule has 1 rings (SSSR count). The first-order valence-electron chi connectivity index (χ1n) is 6.20. The second kappa shape index (κ2) is 6.40. The van der Waals surface area contributed by atoms with Gasteiger partial charge in [-0.05, 0) is 30.5 Å². The minimum Gasteiger partial charge on any atom is -0.495 e. The summed E-state index contributed by atoms with van der Waals surface area (Å²) in [4.78, 5) is 12.0. The van der Waals surface area contributed by atoms with Gasteiger partial charge < -0.3 is 15.8 Å². The van der Waals surface area contributed by atoms with E-state index in [0.717, 1.165) is 12.0 Å². The second-order valence-electron chi connectivity index (χ2n) is 4.60. The molecule has 0 aliphatic rings. The van der Waals surface area contributed by atoms with Gasteiger partial charge in [-0.1, -0.05) is 26.3 Å². The van der Waals surface area contributed by atoms with Crippen molar-refractivity contribution in [1.29, 1.82) is 0 Å². The molecule has 1 aromatic carbocycles. The molecule has 0 fully saturated rings. The lowest BCUT2D eigenvalue weighted by Gasteiger charge is -2.19. The van der Waals surface area contributed by atoms with E-state index in [1.54, 1.807) is 7.11 Å². The van der Waals surface area contributed by atoms with Gasteiger partial charge in [0, 0.05) is 0 Å². The maximum Gasteiger partial charge on any atom is 0.241 e. The summed E-state index contributed by atoms with van der Waals surface area (Å²) in [5.41, 5.74) is 7.62. The lowest BCUT2D eigenvalue weighted by atomic mass is 9.99. The number of carbonyl (C=O) groups is 1. The van der Waals surface area contributed by atoms with Crippen LogP contribution < -0.4 is 15.8 Å². The fraction of sp³-hybridized carbons (Fsp3) is 0.500. The molecule has 1 amide bonds. The van der Waals surface area contributed by atoms with Crippen molar-refractivity contribution in [3.63, 3.8) is 0 Å². The van der Waals surface area contributed by atoms with Crippen molar-refractivity contribution < 1.29 is 9.53 Å². The predicted molar refractivity (Wildman–Crippen MR) is 73.8 cm³/mol. The highest BCUT2D eigenvalue weighted by atomic mass is 16.5. The number of ether oxygens (including phenoxy) is 1. The van der Waals surface area contributed by atoms with Gasteiger partial charge in [0.1, 0.15) is 5.75 Å². The third kappa shape index (κ3) is 3.47. The largest absolute Gasteiger partial charge is 0.495 e. The first-order valence-corrected chi connectivity index (χ1v) is 6.20. The van der Waals surface area contributed by atoms with Crippen molar-refractivity contribution >= 4 is 11.6 Å². The Kier molecular flexibility index (Phi) is 5.16. The van der Waals surface area contributed by atoms with Crippen molar-refractivity contribution in [2.45, 2.75) is 33.2 Å². The van der Waals surface area contributed by atoms with E-state index in [2.05, 4.69) is 5.32 Å². The lowest BCUT2D eigenvalue weighted by molar-refractivity contribution is -0.118. The zero-order chi connectivity index (χ0) is 13.7. The molecule has 0 aliphatic heterocycles. The predicted octanol–water partition coefficient (Wildman–Crippen LogP) is 2.32. The molecule has 4 heteroatoms. The highest BCUT2D eigenvalue weighted by Gasteiger charge is 2.20. The number of methoxy groups -OCH3 is 1. The van der Waals surface area contributed by atoms with Crippen LogP contribution in [0, 0.1) is 12.8 Å². The maximum absolute atomic E-state index is 12.0. The molecule has 0 heterocycles. The van der Waals surface area contributed by atoms with Crippen molar-refractivity contribution in [2.75, 3.05) is 12.4 Å². The minimum absolute atomic E-state index is 0.154. The Morgan fingerprint density at radius 1 is 1.50 bits per heavy atom. The highest BCUT2D eigenvalue weighted by Crippen LogP contribution is 2.25. The molecule has 0 bridgehead atoms. The van der Waals surface area contributed by atoms with Crippen LogP contribution in [0.1, 0.15) is 25.8 Å². The van der Waals surface area contributed by atoms with Gasteiger partial charge in [-0.3, -0.25) is 4.79 Å². The molecule has 0 saturated heterocycles. The third-order valence-electron chi connectivity index (χ3n) is 3.17. The first kappa shape index (κ1) is 14.5. The molecule has 0 saturated carbocycles. The summed E-state index contributed by atoms with van der Waals surface area (Å²) in [6, 6.07) is 5.14. The summed E-state index contributed by atoms with van der Waals surface area (Å²) in [5.74, 6) is 0.624. The molecule has 100 valence electrons. The number of carbonyl (C=O) groups excluding carboxylic acids is 1. The van der Waals surface area contributed by atoms with Gasteiger partial charge in [-0.15, -0.1) is 0 Å². The quantitative estimate of drug-likeness (QED) is 0.843. The highest BCUT2D eigenvalue weighted by molar-refractivity contribution is 5.96. The van der Waals surface area contributed by atoms with E-state index >= 15 is 0 Å². The van der Waals surface area contributed by atoms with E-state index < -0.39 is 6.04 Å². The Bertz CT molecular complexity index is 418. The van der Waals surface area contributed by atoms with Gasteiger partial charge >= 0.3 is 0 Å². The summed E-state index contributed by atoms with van der Waals surface area (Å²) in [5, 5.41) is 2.83. The third-order valence-corrected chi connectivity index (χ3v) is 3.17. The Morgan fingerprint density at radius 2 is 2.17 bits per heavy atom. The zero-order valence-electron chi connectivity index (χ0n) is 11.5. The summed E-state index contributed by atoms with van der Waals surface area (Å²) >= 11 is 0. The van der Waals surface area contributed by atoms with E-state index in [-0.39, 0.29) is 11.8 Å². The average Bonchev–Trinajstić information content (AvgIpc) is 2.37. The van der Waals surface area contributed by atoms with E-state index in [9.17, 15) is 4.79 Å². The van der Waals surface area contributed by atoms with E-state index in [1.165, 1.54) is 0 Å². The SMILES string of the molecule is CCC(C)[C@H](N)C(=O)Nc1cc(C)ccc1OC. The van der Waals surface area contributed by atoms with Crippen LogP contribution in [0.4, 0.5) is 5.69 Å². The van der Waals surface area contributed by atoms with Crippen LogP contribution in [-0.2, 0) is 4.79 Å². The van der Waals surface area contributed by atoms with Crippen LogP contribution in [0.2, 0.25) is 0 Å². The normalized spacial score (nSPS) is 13.8. The molecule has 18 heavy (non-hydrogen) atoms. The van der Waals surface area contributed by atoms with Gasteiger partial charge in [0.05, 0.1) is 18.8 Å². The number of anilines is 1. The van der Waals surface area contributed by atoms with Crippen molar-refractivity contribution in [3.8, 4) is 5.75 Å². The monoisotopic (exact) mass is 250 g/mol. The van der Waals surface area contributed by atoms with Crippen LogP contribution in [0.25, 0.3) is 0 Å². The smallest absolute Gasteiger partial charge is 0.241 e. The fourth-order valence-corrected chi connectivity index (χ4v) is 1.65. The number of nitrogens with one attached hydrogen (secondary N) is 1. The Hall–Kier alpha value is -1.55. The standard InChI is InChI=1S/C14H22N2O2/c1-5-10(3)13(15)14(17)16-11-8-9(2)6-7-12(11)18-4/h6-8,10,13H,5,15H2,1-4H3,(H,16,17)/t10?,13-/m0/s1. The lowest BCUT2D eigenvalue weighted by Crippen LogP contribution is -2.40. The molecule has 0 radical (unpaired) electrons. The zero-order valence-corrected chi connectivity index (χ0v) is 11.5. The van der Waals surface area contributed by atoms with Gasteiger partial charge in [-0.25, -0.2) is 0 Å². The molecular formula is C14H22N2O2.